The van der Waals surface area contributed by atoms with Crippen LogP contribution in [0.3, 0.4) is 0 Å². The number of ether oxygens (including phenoxy) is 2. The predicted octanol–water partition coefficient (Wildman–Crippen LogP) is 5.69. The Bertz CT molecular complexity index is 944. The number of benzene rings is 1. The molecule has 2 aliphatic carbocycles. The molecule has 4 heteroatoms. The Kier molecular flexibility index (Phi) is 6.49. The number of aliphatic imine (C=N–C) groups is 1. The van der Waals surface area contributed by atoms with E-state index in [1.54, 1.807) is 0 Å². The molecule has 0 radical (unpaired) electrons. The van der Waals surface area contributed by atoms with Gasteiger partial charge >= 0.3 is 0 Å². The van der Waals surface area contributed by atoms with E-state index in [0.717, 1.165) is 44.6 Å². The molecule has 0 N–H and O–H groups in total. The monoisotopic (exact) mass is 420 g/mol. The third kappa shape index (κ3) is 4.42. The zero-order chi connectivity index (χ0) is 22.0. The topological polar surface area (TPSA) is 34.1 Å². The van der Waals surface area contributed by atoms with Gasteiger partial charge in [0.05, 0.1) is 12.3 Å². The van der Waals surface area contributed by atoms with Gasteiger partial charge in [-0.2, -0.15) is 0 Å². The largest absolute Gasteiger partial charge is 0.378 e. The van der Waals surface area contributed by atoms with Gasteiger partial charge in [-0.1, -0.05) is 26.0 Å². The van der Waals surface area contributed by atoms with E-state index >= 15 is 0 Å². The summed E-state index contributed by atoms with van der Waals surface area (Å²) in [5, 5.41) is 0. The molecule has 1 saturated heterocycles. The van der Waals surface area contributed by atoms with Crippen molar-refractivity contribution in [2.45, 2.75) is 57.7 Å². The molecule has 3 aliphatic rings. The molecule has 1 aromatic carbocycles. The normalized spacial score (nSPS) is 23.5. The summed E-state index contributed by atoms with van der Waals surface area (Å²) in [5.74, 6) is 0. The molecule has 0 spiro atoms. The van der Waals surface area contributed by atoms with Crippen LogP contribution in [0, 0.1) is 0 Å². The lowest BCUT2D eigenvalue weighted by molar-refractivity contribution is -0.162. The highest BCUT2D eigenvalue weighted by Crippen LogP contribution is 2.49. The van der Waals surface area contributed by atoms with Crippen molar-refractivity contribution in [1.29, 1.82) is 0 Å². The van der Waals surface area contributed by atoms with Crippen LogP contribution in [0.1, 0.15) is 57.1 Å². The Morgan fingerprint density at radius 3 is 2.74 bits per heavy atom. The van der Waals surface area contributed by atoms with Crippen LogP contribution >= 0.6 is 0 Å². The van der Waals surface area contributed by atoms with Crippen molar-refractivity contribution in [2.24, 2.45) is 4.99 Å². The van der Waals surface area contributed by atoms with Crippen molar-refractivity contribution in [1.82, 2.24) is 0 Å². The van der Waals surface area contributed by atoms with Gasteiger partial charge in [0.25, 0.3) is 0 Å². The first-order valence-corrected chi connectivity index (χ1v) is 11.6. The third-order valence-electron chi connectivity index (χ3n) is 6.79. The molecule has 1 unspecified atom stereocenters. The molecule has 166 valence electrons. The maximum absolute atomic E-state index is 6.02. The summed E-state index contributed by atoms with van der Waals surface area (Å²) < 4.78 is 11.7. The van der Waals surface area contributed by atoms with E-state index in [9.17, 15) is 0 Å². The van der Waals surface area contributed by atoms with Crippen LogP contribution < -0.4 is 4.90 Å². The van der Waals surface area contributed by atoms with Gasteiger partial charge in [0, 0.05) is 38.9 Å². The minimum absolute atomic E-state index is 0.0139. The van der Waals surface area contributed by atoms with Crippen molar-refractivity contribution in [2.75, 3.05) is 39.3 Å². The van der Waals surface area contributed by atoms with Crippen LogP contribution in [0.5, 0.6) is 0 Å². The average molecular weight is 421 g/mol. The molecule has 1 aromatic rings. The molecule has 31 heavy (non-hydrogen) atoms. The highest BCUT2D eigenvalue weighted by molar-refractivity contribution is 6.08. The van der Waals surface area contributed by atoms with E-state index < -0.39 is 0 Å². The van der Waals surface area contributed by atoms with Gasteiger partial charge < -0.3 is 14.4 Å². The van der Waals surface area contributed by atoms with Crippen molar-refractivity contribution in [3.8, 4) is 0 Å². The van der Waals surface area contributed by atoms with Crippen LogP contribution in [0.15, 0.2) is 52.6 Å². The van der Waals surface area contributed by atoms with Crippen LogP contribution in [-0.4, -0.2) is 46.4 Å². The minimum atomic E-state index is -0.0761. The second-order valence-electron chi connectivity index (χ2n) is 9.45. The summed E-state index contributed by atoms with van der Waals surface area (Å²) in [5.41, 5.74) is 9.12. The predicted molar refractivity (Wildman–Crippen MR) is 130 cm³/mol. The second kappa shape index (κ2) is 9.13. The van der Waals surface area contributed by atoms with Crippen molar-refractivity contribution in [3.63, 3.8) is 0 Å². The zero-order valence-electron chi connectivity index (χ0n) is 19.7. The summed E-state index contributed by atoms with van der Waals surface area (Å²) in [6.45, 7) is 6.24. The summed E-state index contributed by atoms with van der Waals surface area (Å²) in [6, 6.07) is 6.91. The van der Waals surface area contributed by atoms with Gasteiger partial charge in [-0.05, 0) is 84.2 Å². The van der Waals surface area contributed by atoms with Gasteiger partial charge in [0.1, 0.15) is 0 Å². The van der Waals surface area contributed by atoms with Crippen LogP contribution in [0.4, 0.5) is 5.69 Å². The summed E-state index contributed by atoms with van der Waals surface area (Å²) in [7, 11) is 6.08. The maximum Gasteiger partial charge on any atom is 0.157 e. The van der Waals surface area contributed by atoms with E-state index in [1.165, 1.54) is 40.0 Å². The average Bonchev–Trinajstić information content (AvgIpc) is 2.78. The molecular weight excluding hydrogens is 384 g/mol. The van der Waals surface area contributed by atoms with Gasteiger partial charge in [0.2, 0.25) is 0 Å². The lowest BCUT2D eigenvalue weighted by Gasteiger charge is -2.39. The molecule has 1 heterocycles. The first kappa shape index (κ1) is 22.0. The van der Waals surface area contributed by atoms with Crippen molar-refractivity contribution < 1.29 is 9.47 Å². The number of allylic oxidation sites excluding steroid dienone is 6. The second-order valence-corrected chi connectivity index (χ2v) is 9.45. The van der Waals surface area contributed by atoms with Gasteiger partial charge in [-0.25, -0.2) is 0 Å². The SMILES string of the molecule is CN=C1C=CC2=C(CCCOC3CCCCO3)c3ccc(N(C)C)cc3C(C)(C)C2=C1. The highest BCUT2D eigenvalue weighted by atomic mass is 16.7. The van der Waals surface area contributed by atoms with E-state index in [2.05, 4.69) is 74.3 Å². The Hall–Kier alpha value is -2.17. The van der Waals surface area contributed by atoms with E-state index in [4.69, 9.17) is 9.47 Å². The van der Waals surface area contributed by atoms with Gasteiger partial charge in [-0.3, -0.25) is 4.99 Å². The van der Waals surface area contributed by atoms with Gasteiger partial charge in [0.15, 0.2) is 6.29 Å². The van der Waals surface area contributed by atoms with E-state index in [0.29, 0.717) is 0 Å². The van der Waals surface area contributed by atoms with Gasteiger partial charge in [-0.15, -0.1) is 0 Å². The fraction of sp³-hybridized carbons (Fsp3) is 0.519. The van der Waals surface area contributed by atoms with E-state index in [-0.39, 0.29) is 11.7 Å². The Morgan fingerprint density at radius 1 is 1.19 bits per heavy atom. The van der Waals surface area contributed by atoms with Crippen molar-refractivity contribution >= 4 is 17.0 Å². The lowest BCUT2D eigenvalue weighted by Crippen LogP contribution is -2.29. The first-order valence-electron chi connectivity index (χ1n) is 11.6. The van der Waals surface area contributed by atoms with E-state index in [1.807, 2.05) is 7.05 Å². The number of anilines is 1. The fourth-order valence-corrected chi connectivity index (χ4v) is 4.91. The summed E-state index contributed by atoms with van der Waals surface area (Å²) >= 11 is 0. The molecule has 0 saturated carbocycles. The number of nitrogens with zero attached hydrogens (tertiary/aromatic N) is 2. The first-order chi connectivity index (χ1) is 14.9. The number of hydrogen-bond acceptors (Lipinski definition) is 4. The molecule has 1 aliphatic heterocycles. The maximum atomic E-state index is 6.02. The van der Waals surface area contributed by atoms with Crippen LogP contribution in [0.2, 0.25) is 0 Å². The third-order valence-corrected chi connectivity index (χ3v) is 6.79. The smallest absolute Gasteiger partial charge is 0.157 e. The van der Waals surface area contributed by atoms with Crippen molar-refractivity contribution in [3.05, 3.63) is 58.7 Å². The molecule has 0 bridgehead atoms. The number of hydrogen-bond donors (Lipinski definition) is 0. The molecule has 1 atom stereocenters. The molecule has 4 nitrogen and oxygen atoms in total. The number of rotatable bonds is 6. The van der Waals surface area contributed by atoms with Crippen LogP contribution in [0.25, 0.3) is 5.57 Å². The molecule has 1 fully saturated rings. The number of fused-ring (bicyclic) bond motifs is 2. The zero-order valence-corrected chi connectivity index (χ0v) is 19.7. The summed E-state index contributed by atoms with van der Waals surface area (Å²) in [4.78, 5) is 6.63. The molecule has 4 rings (SSSR count). The molecule has 0 aromatic heterocycles. The fourth-order valence-electron chi connectivity index (χ4n) is 4.91. The molecular formula is C27H36N2O2. The highest BCUT2D eigenvalue weighted by Gasteiger charge is 2.37. The standard InChI is InChI=1S/C27H36N2O2/c1-27(2)24-17-19(28-3)11-13-22(24)21(9-8-16-31-26-10-6-7-15-30-26)23-14-12-20(29(4)5)18-25(23)27/h11-14,17-18,26H,6-10,15-16H2,1-5H3. The van der Waals surface area contributed by atoms with Crippen LogP contribution in [-0.2, 0) is 14.9 Å². The Balaban J connectivity index is 1.65. The lowest BCUT2D eigenvalue weighted by atomic mass is 9.64. The Labute approximate surface area is 187 Å². The molecule has 0 amide bonds. The Morgan fingerprint density at radius 2 is 2.03 bits per heavy atom. The minimum Gasteiger partial charge on any atom is -0.378 e. The summed E-state index contributed by atoms with van der Waals surface area (Å²) in [6.07, 6.45) is 12.0. The quantitative estimate of drug-likeness (QED) is 0.555.